The zero-order chi connectivity index (χ0) is 29.9. The molecule has 3 unspecified atom stereocenters. The van der Waals surface area contributed by atoms with Crippen LogP contribution >= 0.6 is 0 Å². The third kappa shape index (κ3) is 7.41. The van der Waals surface area contributed by atoms with E-state index in [0.717, 1.165) is 36.6 Å². The van der Waals surface area contributed by atoms with Crippen LogP contribution in [0, 0.1) is 5.82 Å². The number of benzene rings is 2. The molecule has 0 amide bonds. The Morgan fingerprint density at radius 2 is 1.74 bits per heavy atom. The maximum Gasteiger partial charge on any atom is 0.416 e. The van der Waals surface area contributed by atoms with Gasteiger partial charge >= 0.3 is 6.18 Å². The Kier molecular flexibility index (Phi) is 9.70. The second-order valence-corrected chi connectivity index (χ2v) is 11.7. The molecule has 2 saturated heterocycles. The smallest absolute Gasteiger partial charge is 0.379 e. The summed E-state index contributed by atoms with van der Waals surface area (Å²) in [5, 5.41) is 11.5. The van der Waals surface area contributed by atoms with Crippen molar-refractivity contribution in [1.29, 1.82) is 0 Å². The second-order valence-electron chi connectivity index (χ2n) is 10.3. The zero-order valence-electron chi connectivity index (χ0n) is 23.3. The summed E-state index contributed by atoms with van der Waals surface area (Å²) in [6.07, 6.45) is -5.03. The van der Waals surface area contributed by atoms with E-state index in [1.807, 2.05) is 0 Å². The Balaban J connectivity index is 1.41. The van der Waals surface area contributed by atoms with Gasteiger partial charge in [0.1, 0.15) is 17.2 Å². The lowest BCUT2D eigenvalue weighted by Gasteiger charge is -2.42. The van der Waals surface area contributed by atoms with Crippen LogP contribution in [0.2, 0.25) is 0 Å². The first-order valence-electron chi connectivity index (χ1n) is 13.6. The summed E-state index contributed by atoms with van der Waals surface area (Å²) in [5.41, 5.74) is 1.58. The van der Waals surface area contributed by atoms with Crippen molar-refractivity contribution < 1.29 is 36.0 Å². The second kappa shape index (κ2) is 13.3. The molecule has 3 heterocycles. The lowest BCUT2D eigenvalue weighted by atomic mass is 10.0. The fourth-order valence-corrected chi connectivity index (χ4v) is 5.76. The number of hydrogen-bond donors (Lipinski definition) is 1. The highest BCUT2D eigenvalue weighted by atomic mass is 32.2. The quantitative estimate of drug-likeness (QED) is 0.360. The maximum absolute atomic E-state index is 13.9. The van der Waals surface area contributed by atoms with Gasteiger partial charge in [-0.1, -0.05) is 12.1 Å². The van der Waals surface area contributed by atoms with Crippen molar-refractivity contribution >= 4 is 10.8 Å². The van der Waals surface area contributed by atoms with Gasteiger partial charge in [0.05, 0.1) is 37.5 Å². The van der Waals surface area contributed by atoms with Crippen LogP contribution in [0.5, 0.6) is 0 Å². The number of aromatic amines is 1. The molecule has 228 valence electrons. The molecule has 1 aromatic heterocycles. The van der Waals surface area contributed by atoms with Gasteiger partial charge < -0.3 is 14.2 Å². The van der Waals surface area contributed by atoms with Crippen molar-refractivity contribution in [2.24, 2.45) is 0 Å². The fourth-order valence-electron chi connectivity index (χ4n) is 5.17. The summed E-state index contributed by atoms with van der Waals surface area (Å²) >= 11 is 0. The van der Waals surface area contributed by atoms with Crippen LogP contribution in [0.25, 0.3) is 0 Å². The van der Waals surface area contributed by atoms with Gasteiger partial charge in [-0.2, -0.15) is 28.6 Å². The molecule has 0 radical (unpaired) electrons. The first-order valence-corrected chi connectivity index (χ1v) is 15.1. The summed E-state index contributed by atoms with van der Waals surface area (Å²) < 4.78 is 84.7. The third-order valence-electron chi connectivity index (χ3n) is 7.45. The summed E-state index contributed by atoms with van der Waals surface area (Å²) in [5.74, 6) is -0.402. The Bertz CT molecular complexity index is 1370. The molecule has 0 saturated carbocycles. The minimum atomic E-state index is -4.62. The Morgan fingerprint density at radius 1 is 1.05 bits per heavy atom. The molecule has 2 aromatic carbocycles. The minimum absolute atomic E-state index is 0.0513. The van der Waals surface area contributed by atoms with Gasteiger partial charge in [0.25, 0.3) is 0 Å². The number of aromatic nitrogens is 3. The van der Waals surface area contributed by atoms with Crippen molar-refractivity contribution in [1.82, 2.24) is 25.2 Å². The molecule has 9 nitrogen and oxygen atoms in total. The zero-order valence-corrected chi connectivity index (χ0v) is 24.1. The van der Waals surface area contributed by atoms with Crippen molar-refractivity contribution in [3.8, 4) is 0 Å². The van der Waals surface area contributed by atoms with E-state index in [0.29, 0.717) is 45.0 Å². The molecule has 5 rings (SSSR count). The first-order chi connectivity index (χ1) is 20.1. The molecule has 4 atom stereocenters. The Labute approximate surface area is 243 Å². The summed E-state index contributed by atoms with van der Waals surface area (Å²) in [4.78, 5) is 4.38. The average molecular weight is 612 g/mol. The molecule has 14 heteroatoms. The summed E-state index contributed by atoms with van der Waals surface area (Å²) in [6, 6.07) is 8.79. The van der Waals surface area contributed by atoms with E-state index in [1.54, 1.807) is 19.1 Å². The van der Waals surface area contributed by atoms with E-state index < -0.39 is 46.8 Å². The number of rotatable bonds is 9. The predicted octanol–water partition coefficient (Wildman–Crippen LogP) is 4.21. The number of morpholine rings is 2. The van der Waals surface area contributed by atoms with Gasteiger partial charge in [-0.25, -0.2) is 4.39 Å². The molecule has 3 aromatic rings. The molecule has 42 heavy (non-hydrogen) atoms. The van der Waals surface area contributed by atoms with Gasteiger partial charge in [-0.05, 0) is 48.4 Å². The third-order valence-corrected chi connectivity index (χ3v) is 8.35. The van der Waals surface area contributed by atoms with Crippen LogP contribution in [0.15, 0.2) is 47.4 Å². The molecular formula is C28H33F4N5O4S. The van der Waals surface area contributed by atoms with Crippen molar-refractivity contribution in [2.45, 2.75) is 49.5 Å². The van der Waals surface area contributed by atoms with Crippen LogP contribution in [0.3, 0.4) is 0 Å². The number of alkyl halides is 3. The van der Waals surface area contributed by atoms with Crippen molar-refractivity contribution in [2.75, 3.05) is 45.7 Å². The van der Waals surface area contributed by atoms with Gasteiger partial charge in [0.15, 0.2) is 6.29 Å². The summed E-state index contributed by atoms with van der Waals surface area (Å²) in [6.45, 7) is 6.30. The van der Waals surface area contributed by atoms with Gasteiger partial charge in [-0.3, -0.25) is 14.0 Å². The van der Waals surface area contributed by atoms with Gasteiger partial charge in [0, 0.05) is 54.7 Å². The molecule has 2 aliphatic heterocycles. The highest BCUT2D eigenvalue weighted by Crippen LogP contribution is 2.37. The standard InChI is InChI=1S/C28H33F4N5O4S/c1-18(20-13-21(28(30,31)32)15-23(14-20)42(2)38)41-27-26(19-3-5-22(29)6-4-19)37(9-12-40-27)17-25-24(33-35-34-25)16-36-7-10-39-11-8-36/h3-6,13-15,18,26-27H,7-12,16-17H2,1-2H3,(H,33,34,35)/t18-,26?,27?,42?/m1/s1. The van der Waals surface area contributed by atoms with E-state index in [4.69, 9.17) is 14.2 Å². The van der Waals surface area contributed by atoms with Crippen LogP contribution in [0.4, 0.5) is 17.6 Å². The number of H-pyrrole nitrogens is 1. The van der Waals surface area contributed by atoms with E-state index >= 15 is 0 Å². The number of hydrogen-bond acceptors (Lipinski definition) is 8. The average Bonchev–Trinajstić information content (AvgIpc) is 3.39. The Morgan fingerprint density at radius 3 is 2.40 bits per heavy atom. The molecule has 0 bridgehead atoms. The number of nitrogens with zero attached hydrogens (tertiary/aromatic N) is 4. The topological polar surface area (TPSA) is 92.8 Å². The van der Waals surface area contributed by atoms with Crippen LogP contribution in [0.1, 0.15) is 47.1 Å². The van der Waals surface area contributed by atoms with Gasteiger partial charge in [0.2, 0.25) is 0 Å². The van der Waals surface area contributed by atoms with Crippen molar-refractivity contribution in [3.05, 3.63) is 76.4 Å². The lowest BCUT2D eigenvalue weighted by molar-refractivity contribution is -0.231. The number of ether oxygens (including phenoxy) is 3. The Hall–Kier alpha value is -2.75. The van der Waals surface area contributed by atoms with Crippen LogP contribution in [-0.4, -0.2) is 81.4 Å². The highest BCUT2D eigenvalue weighted by molar-refractivity contribution is 7.84. The normalized spacial score (nSPS) is 22.2. The molecule has 2 aliphatic rings. The van der Waals surface area contributed by atoms with E-state index in [1.165, 1.54) is 24.5 Å². The van der Waals surface area contributed by atoms with E-state index in [-0.39, 0.29) is 10.5 Å². The molecule has 0 spiro atoms. The van der Waals surface area contributed by atoms with E-state index in [9.17, 15) is 21.8 Å². The predicted molar refractivity (Wildman–Crippen MR) is 145 cm³/mol. The lowest BCUT2D eigenvalue weighted by Crippen LogP contribution is -2.46. The maximum atomic E-state index is 13.9. The van der Waals surface area contributed by atoms with Crippen molar-refractivity contribution in [3.63, 3.8) is 0 Å². The molecule has 0 aliphatic carbocycles. The largest absolute Gasteiger partial charge is 0.416 e. The molecule has 2 fully saturated rings. The first kappa shape index (κ1) is 30.7. The fraction of sp³-hybridized carbons (Fsp3) is 0.500. The van der Waals surface area contributed by atoms with Gasteiger partial charge in [-0.15, -0.1) is 0 Å². The number of halogens is 4. The monoisotopic (exact) mass is 611 g/mol. The number of nitrogens with one attached hydrogen (secondary N) is 1. The highest BCUT2D eigenvalue weighted by Gasteiger charge is 2.37. The summed E-state index contributed by atoms with van der Waals surface area (Å²) in [7, 11) is -1.63. The van der Waals surface area contributed by atoms with Crippen LogP contribution < -0.4 is 0 Å². The molecule has 1 N–H and O–H groups in total. The molecular weight excluding hydrogens is 578 g/mol. The van der Waals surface area contributed by atoms with Crippen LogP contribution in [-0.2, 0) is 44.3 Å². The SMILES string of the molecule is C[C@@H](OC1OCCN(Cc2n[nH]nc2CN2CCOCC2)C1c1ccc(F)cc1)c1cc(S(C)=O)cc(C(F)(F)F)c1. The van der Waals surface area contributed by atoms with E-state index in [2.05, 4.69) is 25.2 Å². The minimum Gasteiger partial charge on any atom is -0.379 e.